The van der Waals surface area contributed by atoms with Crippen LogP contribution in [0.2, 0.25) is 0 Å². The van der Waals surface area contributed by atoms with Gasteiger partial charge < -0.3 is 16.8 Å². The largest absolute Gasteiger partial charge is 1.00 e. The van der Waals surface area contributed by atoms with Crippen LogP contribution in [0.25, 0.3) is 11.0 Å². The summed E-state index contributed by atoms with van der Waals surface area (Å²) in [5.74, 6) is 1.29. The number of hydrogen-bond acceptors (Lipinski definition) is 3. The van der Waals surface area contributed by atoms with E-state index in [2.05, 4.69) is 37.8 Å². The van der Waals surface area contributed by atoms with E-state index in [-0.39, 0.29) is 18.0 Å². The van der Waals surface area contributed by atoms with Crippen molar-refractivity contribution in [3.05, 3.63) is 45.8 Å². The van der Waals surface area contributed by atoms with E-state index in [1.54, 1.807) is 6.07 Å². The van der Waals surface area contributed by atoms with Crippen molar-refractivity contribution in [1.82, 2.24) is 4.90 Å². The summed E-state index contributed by atoms with van der Waals surface area (Å²) in [6, 6.07) is 7.85. The van der Waals surface area contributed by atoms with E-state index in [1.165, 1.54) is 18.4 Å². The molecule has 0 amide bonds. The Morgan fingerprint density at radius 2 is 1.91 bits per heavy atom. The van der Waals surface area contributed by atoms with Gasteiger partial charge in [-0.25, -0.2) is 4.79 Å². The smallest absolute Gasteiger partial charge is 0.336 e. The number of rotatable bonds is 3. The monoisotopic (exact) mass is 334 g/mol. The Bertz CT molecular complexity index is 715. The lowest BCUT2D eigenvalue weighted by Gasteiger charge is -2.30. The third kappa shape index (κ3) is 4.15. The van der Waals surface area contributed by atoms with Crippen molar-refractivity contribution in [1.29, 1.82) is 0 Å². The average Bonchev–Trinajstić information content (AvgIpc) is 2.49. The fourth-order valence-corrected chi connectivity index (χ4v) is 3.20. The van der Waals surface area contributed by atoms with Gasteiger partial charge in [0.25, 0.3) is 0 Å². The molecule has 1 saturated heterocycles. The van der Waals surface area contributed by atoms with Crippen LogP contribution in [0.1, 0.15) is 50.7 Å². The van der Waals surface area contributed by atoms with E-state index in [4.69, 9.17) is 4.42 Å². The summed E-state index contributed by atoms with van der Waals surface area (Å²) in [6.07, 6.45) is 2.49. The number of likely N-dealkylation sites (tertiary alicyclic amines) is 1. The van der Waals surface area contributed by atoms with Crippen LogP contribution in [-0.2, 0) is 6.54 Å². The lowest BCUT2D eigenvalue weighted by Crippen LogP contribution is -3.00. The van der Waals surface area contributed by atoms with Gasteiger partial charge in [0.05, 0.1) is 0 Å². The van der Waals surface area contributed by atoms with Crippen LogP contribution in [0.4, 0.5) is 0 Å². The number of nitrogens with zero attached hydrogens (tertiary/aromatic N) is 1. The maximum absolute atomic E-state index is 11.8. The molecule has 126 valence electrons. The molecule has 3 nitrogen and oxygen atoms in total. The number of benzene rings is 1. The molecule has 2 heterocycles. The molecule has 0 radical (unpaired) electrons. The molecule has 0 atom stereocenters. The van der Waals surface area contributed by atoms with Crippen molar-refractivity contribution < 1.29 is 16.8 Å². The first-order chi connectivity index (χ1) is 10.5. The van der Waals surface area contributed by atoms with Gasteiger partial charge in [-0.2, -0.15) is 0 Å². The standard InChI is InChI=1S/C19H25NO2.ClH/c1-13(2)15-4-5-18-17(10-15)16(11-19(21)22-18)12-20-8-6-14(3)7-9-20;/h4-5,10-11,13-14H,6-9,12H2,1-3H3;1H/p-1. The molecule has 0 bridgehead atoms. The summed E-state index contributed by atoms with van der Waals surface area (Å²) in [5, 5.41) is 1.09. The molecular weight excluding hydrogens is 310 g/mol. The van der Waals surface area contributed by atoms with Gasteiger partial charge in [0.2, 0.25) is 0 Å². The zero-order chi connectivity index (χ0) is 15.7. The molecule has 1 fully saturated rings. The van der Waals surface area contributed by atoms with E-state index in [0.29, 0.717) is 11.5 Å². The van der Waals surface area contributed by atoms with Gasteiger partial charge in [0.1, 0.15) is 5.58 Å². The highest BCUT2D eigenvalue weighted by Gasteiger charge is 2.17. The third-order valence-corrected chi connectivity index (χ3v) is 4.79. The molecule has 1 aliphatic rings. The van der Waals surface area contributed by atoms with Gasteiger partial charge in [0, 0.05) is 18.0 Å². The predicted octanol–water partition coefficient (Wildman–Crippen LogP) is 1.15. The van der Waals surface area contributed by atoms with E-state index in [0.717, 1.165) is 36.5 Å². The number of hydrogen-bond donors (Lipinski definition) is 0. The highest BCUT2D eigenvalue weighted by atomic mass is 35.5. The normalized spacial score (nSPS) is 16.7. The minimum absolute atomic E-state index is 0. The molecule has 0 N–H and O–H groups in total. The van der Waals surface area contributed by atoms with Crippen molar-refractivity contribution in [2.24, 2.45) is 5.92 Å². The first kappa shape index (κ1) is 18.0. The fraction of sp³-hybridized carbons (Fsp3) is 0.526. The van der Waals surface area contributed by atoms with Gasteiger partial charge in [-0.1, -0.05) is 26.8 Å². The van der Waals surface area contributed by atoms with Crippen molar-refractivity contribution in [2.75, 3.05) is 13.1 Å². The molecule has 2 aromatic rings. The molecule has 0 aliphatic carbocycles. The zero-order valence-corrected chi connectivity index (χ0v) is 14.9. The van der Waals surface area contributed by atoms with E-state index in [1.807, 2.05) is 6.07 Å². The minimum Gasteiger partial charge on any atom is -1.00 e. The Kier molecular flexibility index (Phi) is 5.88. The molecular formula is C19H25ClNO2-. The second-order valence-electron chi connectivity index (χ2n) is 6.96. The zero-order valence-electron chi connectivity index (χ0n) is 14.1. The number of halogens is 1. The Morgan fingerprint density at radius 1 is 1.22 bits per heavy atom. The SMILES string of the molecule is CC1CCN(Cc2cc(=O)oc3ccc(C(C)C)cc23)CC1.[Cl-]. The van der Waals surface area contributed by atoms with E-state index >= 15 is 0 Å². The topological polar surface area (TPSA) is 33.5 Å². The van der Waals surface area contributed by atoms with Crippen LogP contribution in [0.5, 0.6) is 0 Å². The van der Waals surface area contributed by atoms with Crippen LogP contribution in [-0.4, -0.2) is 18.0 Å². The van der Waals surface area contributed by atoms with Crippen LogP contribution < -0.4 is 18.0 Å². The van der Waals surface area contributed by atoms with Crippen molar-refractivity contribution in [3.63, 3.8) is 0 Å². The summed E-state index contributed by atoms with van der Waals surface area (Å²) in [4.78, 5) is 14.3. The maximum atomic E-state index is 11.8. The minimum atomic E-state index is -0.245. The molecule has 1 aromatic heterocycles. The molecule has 3 rings (SSSR count). The maximum Gasteiger partial charge on any atom is 0.336 e. The summed E-state index contributed by atoms with van der Waals surface area (Å²) in [7, 11) is 0. The van der Waals surface area contributed by atoms with Gasteiger partial charge in [-0.05, 0) is 61.0 Å². The first-order valence-corrected chi connectivity index (χ1v) is 8.32. The van der Waals surface area contributed by atoms with Crippen molar-refractivity contribution in [2.45, 2.75) is 46.1 Å². The highest BCUT2D eigenvalue weighted by molar-refractivity contribution is 5.81. The predicted molar refractivity (Wildman–Crippen MR) is 90.2 cm³/mol. The molecule has 23 heavy (non-hydrogen) atoms. The van der Waals surface area contributed by atoms with Gasteiger partial charge >= 0.3 is 5.63 Å². The lowest BCUT2D eigenvalue weighted by molar-refractivity contribution is -0.00000533. The highest BCUT2D eigenvalue weighted by Crippen LogP contribution is 2.25. The summed E-state index contributed by atoms with van der Waals surface area (Å²) < 4.78 is 5.37. The van der Waals surface area contributed by atoms with Gasteiger partial charge in [0.15, 0.2) is 0 Å². The number of fused-ring (bicyclic) bond motifs is 1. The van der Waals surface area contributed by atoms with Gasteiger partial charge in [-0.3, -0.25) is 4.90 Å². The quantitative estimate of drug-likeness (QED) is 0.790. The van der Waals surface area contributed by atoms with E-state index in [9.17, 15) is 4.79 Å². The summed E-state index contributed by atoms with van der Waals surface area (Å²) in [6.45, 7) is 9.77. The third-order valence-electron chi connectivity index (χ3n) is 4.79. The fourth-order valence-electron chi connectivity index (χ4n) is 3.20. The van der Waals surface area contributed by atoms with E-state index < -0.39 is 0 Å². The van der Waals surface area contributed by atoms with Crippen molar-refractivity contribution >= 4 is 11.0 Å². The summed E-state index contributed by atoms with van der Waals surface area (Å²) in [5.41, 5.74) is 2.85. The number of piperidine rings is 1. The van der Waals surface area contributed by atoms with Crippen LogP contribution in [0.15, 0.2) is 33.5 Å². The molecule has 0 unspecified atom stereocenters. The molecule has 0 spiro atoms. The summed E-state index contributed by atoms with van der Waals surface area (Å²) >= 11 is 0. The second kappa shape index (κ2) is 7.50. The van der Waals surface area contributed by atoms with Crippen LogP contribution in [0, 0.1) is 5.92 Å². The van der Waals surface area contributed by atoms with Gasteiger partial charge in [-0.15, -0.1) is 0 Å². The average molecular weight is 335 g/mol. The Morgan fingerprint density at radius 3 is 2.57 bits per heavy atom. The van der Waals surface area contributed by atoms with Crippen LogP contribution >= 0.6 is 0 Å². The first-order valence-electron chi connectivity index (χ1n) is 8.32. The Balaban J connectivity index is 0.00000192. The lowest BCUT2D eigenvalue weighted by atomic mass is 9.97. The molecule has 0 saturated carbocycles. The molecule has 1 aliphatic heterocycles. The Hall–Kier alpha value is -1.32. The molecule has 4 heteroatoms. The Labute approximate surface area is 144 Å². The van der Waals surface area contributed by atoms with Crippen molar-refractivity contribution in [3.8, 4) is 0 Å². The second-order valence-corrected chi connectivity index (χ2v) is 6.96. The molecule has 1 aromatic carbocycles. The van der Waals surface area contributed by atoms with Crippen LogP contribution in [0.3, 0.4) is 0 Å².